The number of para-hydroxylation sites is 1. The van der Waals surface area contributed by atoms with E-state index >= 15 is 0 Å². The van der Waals surface area contributed by atoms with Crippen molar-refractivity contribution in [2.75, 3.05) is 5.32 Å². The number of fused-ring (bicyclic) bond motifs is 1. The van der Waals surface area contributed by atoms with Crippen LogP contribution in [0.5, 0.6) is 0 Å². The van der Waals surface area contributed by atoms with Gasteiger partial charge in [0.15, 0.2) is 0 Å². The second-order valence-electron chi connectivity index (χ2n) is 6.11. The number of aryl methyl sites for hydroxylation is 2. The molecule has 0 bridgehead atoms. The maximum atomic E-state index is 13.0. The molecule has 3 aromatic rings. The molecule has 130 valence electrons. The SMILES string of the molecule is CCCCn1c(C(=O)Nc2cc(Cl)cc(Cl)c2)c(C)c2ccccc21. The van der Waals surface area contributed by atoms with Crippen molar-refractivity contribution in [1.82, 2.24) is 4.57 Å². The number of rotatable bonds is 5. The highest BCUT2D eigenvalue weighted by Gasteiger charge is 2.20. The Morgan fingerprint density at radius 1 is 1.12 bits per heavy atom. The minimum absolute atomic E-state index is 0.150. The average molecular weight is 375 g/mol. The number of nitrogens with zero attached hydrogens (tertiary/aromatic N) is 1. The molecule has 0 aliphatic heterocycles. The number of benzene rings is 2. The Labute approximate surface area is 157 Å². The highest BCUT2D eigenvalue weighted by Crippen LogP contribution is 2.28. The van der Waals surface area contributed by atoms with E-state index in [0.717, 1.165) is 35.9 Å². The van der Waals surface area contributed by atoms with Crippen molar-refractivity contribution < 1.29 is 4.79 Å². The Hall–Kier alpha value is -1.97. The van der Waals surface area contributed by atoms with Crippen molar-refractivity contribution in [2.45, 2.75) is 33.2 Å². The third-order valence-electron chi connectivity index (χ3n) is 4.29. The maximum absolute atomic E-state index is 13.0. The summed E-state index contributed by atoms with van der Waals surface area (Å²) in [6.45, 7) is 4.95. The number of unbranched alkanes of at least 4 members (excludes halogenated alkanes) is 1. The van der Waals surface area contributed by atoms with Gasteiger partial charge in [0.05, 0.1) is 0 Å². The third-order valence-corrected chi connectivity index (χ3v) is 4.73. The number of carbonyl (C=O) groups is 1. The number of aromatic nitrogens is 1. The van der Waals surface area contributed by atoms with E-state index in [2.05, 4.69) is 28.9 Å². The van der Waals surface area contributed by atoms with Gasteiger partial charge >= 0.3 is 0 Å². The summed E-state index contributed by atoms with van der Waals surface area (Å²) in [6, 6.07) is 13.1. The van der Waals surface area contributed by atoms with Gasteiger partial charge in [-0.25, -0.2) is 0 Å². The molecule has 1 amide bonds. The van der Waals surface area contributed by atoms with Crippen LogP contribution < -0.4 is 5.32 Å². The summed E-state index contributed by atoms with van der Waals surface area (Å²) in [5.74, 6) is -0.150. The van der Waals surface area contributed by atoms with Gasteiger partial charge in [0.25, 0.3) is 5.91 Å². The van der Waals surface area contributed by atoms with Gasteiger partial charge in [-0.3, -0.25) is 4.79 Å². The molecule has 0 spiro atoms. The van der Waals surface area contributed by atoms with Crippen LogP contribution in [0, 0.1) is 6.92 Å². The molecule has 5 heteroatoms. The van der Waals surface area contributed by atoms with Gasteiger partial charge < -0.3 is 9.88 Å². The Morgan fingerprint density at radius 3 is 2.48 bits per heavy atom. The Bertz CT molecular complexity index is 911. The number of nitrogens with one attached hydrogen (secondary N) is 1. The summed E-state index contributed by atoms with van der Waals surface area (Å²) in [4.78, 5) is 13.0. The van der Waals surface area contributed by atoms with Gasteiger partial charge in [-0.05, 0) is 43.2 Å². The second kappa shape index (κ2) is 7.51. The van der Waals surface area contributed by atoms with Crippen LogP contribution in [0.2, 0.25) is 10.0 Å². The molecule has 0 fully saturated rings. The molecule has 0 saturated heterocycles. The fourth-order valence-corrected chi connectivity index (χ4v) is 3.66. The maximum Gasteiger partial charge on any atom is 0.272 e. The normalized spacial score (nSPS) is 11.0. The summed E-state index contributed by atoms with van der Waals surface area (Å²) in [5, 5.41) is 5.02. The second-order valence-corrected chi connectivity index (χ2v) is 6.98. The van der Waals surface area contributed by atoms with E-state index in [1.165, 1.54) is 0 Å². The van der Waals surface area contributed by atoms with Crippen molar-refractivity contribution in [1.29, 1.82) is 0 Å². The monoisotopic (exact) mass is 374 g/mol. The average Bonchev–Trinajstić information content (AvgIpc) is 2.84. The van der Waals surface area contributed by atoms with Gasteiger partial charge in [-0.1, -0.05) is 54.7 Å². The molecule has 0 unspecified atom stereocenters. The van der Waals surface area contributed by atoms with Gasteiger partial charge in [-0.2, -0.15) is 0 Å². The van der Waals surface area contributed by atoms with Crippen molar-refractivity contribution in [3.8, 4) is 0 Å². The summed E-state index contributed by atoms with van der Waals surface area (Å²) in [5.41, 5.74) is 3.35. The van der Waals surface area contributed by atoms with Crippen LogP contribution in [0.4, 0.5) is 5.69 Å². The highest BCUT2D eigenvalue weighted by atomic mass is 35.5. The zero-order valence-electron chi connectivity index (χ0n) is 14.3. The zero-order chi connectivity index (χ0) is 18.0. The van der Waals surface area contributed by atoms with Crippen LogP contribution in [-0.2, 0) is 6.54 Å². The summed E-state index contributed by atoms with van der Waals surface area (Å²) in [7, 11) is 0. The Balaban J connectivity index is 2.04. The third kappa shape index (κ3) is 3.68. The summed E-state index contributed by atoms with van der Waals surface area (Å²) in [6.07, 6.45) is 2.08. The molecule has 3 nitrogen and oxygen atoms in total. The van der Waals surface area contributed by atoms with Gasteiger partial charge in [0, 0.05) is 33.2 Å². The minimum Gasteiger partial charge on any atom is -0.336 e. The lowest BCUT2D eigenvalue weighted by molar-refractivity contribution is 0.101. The molecule has 0 atom stereocenters. The van der Waals surface area contributed by atoms with Crippen LogP contribution in [0.1, 0.15) is 35.8 Å². The standard InChI is InChI=1S/C20H20Cl2N2O/c1-3-4-9-24-18-8-6-5-7-17(18)13(2)19(24)20(25)23-16-11-14(21)10-15(22)12-16/h5-8,10-12H,3-4,9H2,1-2H3,(H,23,25). The predicted molar refractivity (Wildman–Crippen MR) is 106 cm³/mol. The number of carbonyl (C=O) groups excluding carboxylic acids is 1. The highest BCUT2D eigenvalue weighted by molar-refractivity contribution is 6.35. The lowest BCUT2D eigenvalue weighted by Crippen LogP contribution is -2.18. The molecule has 1 heterocycles. The first-order valence-electron chi connectivity index (χ1n) is 8.36. The van der Waals surface area contributed by atoms with Gasteiger partial charge in [-0.15, -0.1) is 0 Å². The molecule has 25 heavy (non-hydrogen) atoms. The number of hydrogen-bond donors (Lipinski definition) is 1. The molecule has 0 aliphatic rings. The van der Waals surface area contributed by atoms with E-state index < -0.39 is 0 Å². The van der Waals surface area contributed by atoms with Crippen LogP contribution in [0.3, 0.4) is 0 Å². The summed E-state index contributed by atoms with van der Waals surface area (Å²) >= 11 is 12.1. The number of amides is 1. The molecule has 1 N–H and O–H groups in total. The number of anilines is 1. The first kappa shape index (κ1) is 17.8. The van der Waals surface area contributed by atoms with E-state index in [0.29, 0.717) is 21.4 Å². The van der Waals surface area contributed by atoms with Crippen molar-refractivity contribution in [3.63, 3.8) is 0 Å². The van der Waals surface area contributed by atoms with Crippen LogP contribution in [0.25, 0.3) is 10.9 Å². The molecular weight excluding hydrogens is 355 g/mol. The quantitative estimate of drug-likeness (QED) is 0.557. The van der Waals surface area contributed by atoms with Crippen molar-refractivity contribution >= 4 is 45.7 Å². The molecule has 0 aliphatic carbocycles. The minimum atomic E-state index is -0.150. The first-order chi connectivity index (χ1) is 12.0. The van der Waals surface area contributed by atoms with Gasteiger partial charge in [0.2, 0.25) is 0 Å². The zero-order valence-corrected chi connectivity index (χ0v) is 15.8. The van der Waals surface area contributed by atoms with Crippen molar-refractivity contribution in [3.05, 3.63) is 63.8 Å². The number of halogens is 2. The van der Waals surface area contributed by atoms with E-state index in [1.54, 1.807) is 18.2 Å². The van der Waals surface area contributed by atoms with Crippen LogP contribution in [0.15, 0.2) is 42.5 Å². The van der Waals surface area contributed by atoms with Crippen LogP contribution >= 0.6 is 23.2 Å². The molecular formula is C20H20Cl2N2O. The molecule has 3 rings (SSSR count). The van der Waals surface area contributed by atoms with E-state index in [-0.39, 0.29) is 5.91 Å². The topological polar surface area (TPSA) is 34.0 Å². The lowest BCUT2D eigenvalue weighted by atomic mass is 10.1. The number of hydrogen-bond acceptors (Lipinski definition) is 1. The van der Waals surface area contributed by atoms with E-state index in [4.69, 9.17) is 23.2 Å². The van der Waals surface area contributed by atoms with Crippen LogP contribution in [-0.4, -0.2) is 10.5 Å². The van der Waals surface area contributed by atoms with E-state index in [1.807, 2.05) is 19.1 Å². The Kier molecular flexibility index (Phi) is 5.36. The van der Waals surface area contributed by atoms with Gasteiger partial charge in [0.1, 0.15) is 5.69 Å². The molecule has 1 aromatic heterocycles. The predicted octanol–water partition coefficient (Wildman–Crippen LogP) is 6.31. The van der Waals surface area contributed by atoms with E-state index in [9.17, 15) is 4.79 Å². The summed E-state index contributed by atoms with van der Waals surface area (Å²) < 4.78 is 2.11. The fraction of sp³-hybridized carbons (Fsp3) is 0.250. The Morgan fingerprint density at radius 2 is 1.80 bits per heavy atom. The molecule has 0 radical (unpaired) electrons. The smallest absolute Gasteiger partial charge is 0.272 e. The van der Waals surface area contributed by atoms with Crippen molar-refractivity contribution in [2.24, 2.45) is 0 Å². The first-order valence-corrected chi connectivity index (χ1v) is 9.12. The molecule has 0 saturated carbocycles. The largest absolute Gasteiger partial charge is 0.336 e. The molecule has 2 aromatic carbocycles. The fourth-order valence-electron chi connectivity index (χ4n) is 3.13. The lowest BCUT2D eigenvalue weighted by Gasteiger charge is -2.12.